The summed E-state index contributed by atoms with van der Waals surface area (Å²) in [7, 11) is 0. The van der Waals surface area contributed by atoms with Crippen molar-refractivity contribution in [3.8, 4) is 0 Å². The first-order valence-corrected chi connectivity index (χ1v) is 4.90. The number of nitrogens with zero attached hydrogens (tertiary/aromatic N) is 1. The molecular weight excluding hydrogens is 202 g/mol. The van der Waals surface area contributed by atoms with Crippen molar-refractivity contribution in [2.75, 3.05) is 0 Å². The Kier molecular flexibility index (Phi) is 2.42. The topological polar surface area (TPSA) is 50.2 Å². The van der Waals surface area contributed by atoms with E-state index in [-0.39, 0.29) is 5.92 Å². The molecule has 1 unspecified atom stereocenters. The molecule has 3 nitrogen and oxygen atoms in total. The predicted octanol–water partition coefficient (Wildman–Crippen LogP) is 1.92. The van der Waals surface area contributed by atoms with Gasteiger partial charge in [-0.3, -0.25) is 9.78 Å². The average Bonchev–Trinajstić information content (AvgIpc) is 2.16. The fourth-order valence-corrected chi connectivity index (χ4v) is 1.98. The molecule has 1 heterocycles. The normalized spacial score (nSPS) is 20.2. The van der Waals surface area contributed by atoms with E-state index in [1.807, 2.05) is 6.07 Å². The Bertz CT molecular complexity index is 378. The first kappa shape index (κ1) is 9.46. The number of rotatable bonds is 1. The lowest BCUT2D eigenvalue weighted by molar-refractivity contribution is -0.142. The average molecular weight is 212 g/mol. The zero-order valence-electron chi connectivity index (χ0n) is 7.53. The van der Waals surface area contributed by atoms with Crippen molar-refractivity contribution in [3.05, 3.63) is 28.5 Å². The molecule has 0 aromatic carbocycles. The predicted molar refractivity (Wildman–Crippen MR) is 52.4 cm³/mol. The highest BCUT2D eigenvalue weighted by molar-refractivity contribution is 6.30. The van der Waals surface area contributed by atoms with Gasteiger partial charge in [-0.1, -0.05) is 11.6 Å². The number of pyridine rings is 1. The monoisotopic (exact) mass is 211 g/mol. The molecule has 0 saturated heterocycles. The smallest absolute Gasteiger partial charge is 0.306 e. The number of carboxylic acid groups (broad SMARTS) is 1. The Labute approximate surface area is 86.7 Å². The van der Waals surface area contributed by atoms with Crippen LogP contribution in [0.15, 0.2) is 12.3 Å². The highest BCUT2D eigenvalue weighted by Crippen LogP contribution is 2.26. The minimum Gasteiger partial charge on any atom is -0.481 e. The van der Waals surface area contributed by atoms with Crippen LogP contribution < -0.4 is 0 Å². The van der Waals surface area contributed by atoms with Gasteiger partial charge < -0.3 is 5.11 Å². The van der Waals surface area contributed by atoms with Crippen LogP contribution in [0.4, 0.5) is 0 Å². The molecule has 0 fully saturated rings. The standard InChI is InChI=1S/C10H10ClNO2/c11-8-4-7-3-6(10(13)14)1-2-9(7)12-5-8/h4-6H,1-3H2,(H,13,14). The summed E-state index contributed by atoms with van der Waals surface area (Å²) in [6, 6.07) is 1.82. The van der Waals surface area contributed by atoms with Crippen LogP contribution in [-0.4, -0.2) is 16.1 Å². The van der Waals surface area contributed by atoms with Gasteiger partial charge in [0.2, 0.25) is 0 Å². The summed E-state index contributed by atoms with van der Waals surface area (Å²) in [5.41, 5.74) is 1.98. The summed E-state index contributed by atoms with van der Waals surface area (Å²) in [6.45, 7) is 0. The molecule has 0 aliphatic heterocycles. The summed E-state index contributed by atoms with van der Waals surface area (Å²) < 4.78 is 0. The Morgan fingerprint density at radius 1 is 1.64 bits per heavy atom. The molecule has 1 atom stereocenters. The number of carboxylic acids is 1. The van der Waals surface area contributed by atoms with Crippen LogP contribution >= 0.6 is 11.6 Å². The van der Waals surface area contributed by atoms with Crippen molar-refractivity contribution in [2.45, 2.75) is 19.3 Å². The van der Waals surface area contributed by atoms with E-state index in [4.69, 9.17) is 16.7 Å². The number of aliphatic carboxylic acids is 1. The summed E-state index contributed by atoms with van der Waals surface area (Å²) in [6.07, 6.45) is 3.58. The lowest BCUT2D eigenvalue weighted by atomic mass is 9.87. The number of hydrogen-bond donors (Lipinski definition) is 1. The molecule has 4 heteroatoms. The highest BCUT2D eigenvalue weighted by atomic mass is 35.5. The number of fused-ring (bicyclic) bond motifs is 1. The summed E-state index contributed by atoms with van der Waals surface area (Å²) in [5.74, 6) is -1.00. The highest BCUT2D eigenvalue weighted by Gasteiger charge is 2.24. The van der Waals surface area contributed by atoms with Gasteiger partial charge >= 0.3 is 5.97 Å². The van der Waals surface area contributed by atoms with Gasteiger partial charge in [0.1, 0.15) is 0 Å². The molecule has 1 aromatic heterocycles. The van der Waals surface area contributed by atoms with E-state index in [2.05, 4.69) is 4.98 Å². The molecule has 2 rings (SSSR count). The van der Waals surface area contributed by atoms with Crippen molar-refractivity contribution in [1.82, 2.24) is 4.98 Å². The fourth-order valence-electron chi connectivity index (χ4n) is 1.80. The zero-order valence-corrected chi connectivity index (χ0v) is 8.29. The van der Waals surface area contributed by atoms with Gasteiger partial charge in [0, 0.05) is 11.9 Å². The molecule has 14 heavy (non-hydrogen) atoms. The number of carbonyl (C=O) groups is 1. The van der Waals surface area contributed by atoms with Crippen LogP contribution in [0, 0.1) is 5.92 Å². The Morgan fingerprint density at radius 2 is 2.43 bits per heavy atom. The fraction of sp³-hybridized carbons (Fsp3) is 0.400. The second kappa shape index (κ2) is 3.58. The van der Waals surface area contributed by atoms with Gasteiger partial charge in [0.15, 0.2) is 0 Å². The maximum absolute atomic E-state index is 10.8. The molecule has 0 amide bonds. The Hall–Kier alpha value is -1.09. The van der Waals surface area contributed by atoms with Gasteiger partial charge in [-0.25, -0.2) is 0 Å². The number of aromatic nitrogens is 1. The van der Waals surface area contributed by atoms with Crippen LogP contribution in [0.1, 0.15) is 17.7 Å². The maximum atomic E-state index is 10.8. The zero-order chi connectivity index (χ0) is 10.1. The third-order valence-corrected chi connectivity index (χ3v) is 2.78. The minimum atomic E-state index is -0.726. The molecular formula is C10H10ClNO2. The van der Waals surface area contributed by atoms with Crippen molar-refractivity contribution in [2.24, 2.45) is 5.92 Å². The van der Waals surface area contributed by atoms with Crippen LogP contribution in [0.5, 0.6) is 0 Å². The Balaban J connectivity index is 2.29. The van der Waals surface area contributed by atoms with Crippen LogP contribution in [0.2, 0.25) is 5.02 Å². The van der Waals surface area contributed by atoms with E-state index in [1.54, 1.807) is 6.20 Å². The van der Waals surface area contributed by atoms with Crippen LogP contribution in [0.3, 0.4) is 0 Å². The van der Waals surface area contributed by atoms with Gasteiger partial charge in [-0.15, -0.1) is 0 Å². The van der Waals surface area contributed by atoms with Crippen molar-refractivity contribution in [1.29, 1.82) is 0 Å². The first-order chi connectivity index (χ1) is 6.66. The Morgan fingerprint density at radius 3 is 3.14 bits per heavy atom. The van der Waals surface area contributed by atoms with Crippen LogP contribution in [0.25, 0.3) is 0 Å². The number of halogens is 1. The van der Waals surface area contributed by atoms with Gasteiger partial charge in [-0.05, 0) is 30.9 Å². The van der Waals surface area contributed by atoms with Crippen molar-refractivity contribution in [3.63, 3.8) is 0 Å². The summed E-state index contributed by atoms with van der Waals surface area (Å²) >= 11 is 5.79. The molecule has 1 aliphatic carbocycles. The third-order valence-electron chi connectivity index (χ3n) is 2.57. The lowest BCUT2D eigenvalue weighted by Crippen LogP contribution is -2.22. The molecule has 0 saturated carbocycles. The van der Waals surface area contributed by atoms with E-state index in [0.717, 1.165) is 17.7 Å². The quantitative estimate of drug-likeness (QED) is 0.772. The molecule has 0 spiro atoms. The summed E-state index contributed by atoms with van der Waals surface area (Å²) in [5, 5.41) is 9.46. The third kappa shape index (κ3) is 1.73. The molecule has 74 valence electrons. The lowest BCUT2D eigenvalue weighted by Gasteiger charge is -2.20. The number of aryl methyl sites for hydroxylation is 1. The molecule has 1 aliphatic rings. The molecule has 1 N–H and O–H groups in total. The summed E-state index contributed by atoms with van der Waals surface area (Å²) in [4.78, 5) is 15.0. The van der Waals surface area contributed by atoms with E-state index in [9.17, 15) is 4.79 Å². The minimum absolute atomic E-state index is 0.275. The van der Waals surface area contributed by atoms with E-state index >= 15 is 0 Å². The van der Waals surface area contributed by atoms with Gasteiger partial charge in [-0.2, -0.15) is 0 Å². The molecule has 1 aromatic rings. The number of hydrogen-bond acceptors (Lipinski definition) is 2. The second-order valence-corrected chi connectivity index (χ2v) is 3.97. The van der Waals surface area contributed by atoms with Crippen molar-refractivity contribution < 1.29 is 9.90 Å². The van der Waals surface area contributed by atoms with Crippen LogP contribution in [-0.2, 0) is 17.6 Å². The van der Waals surface area contributed by atoms with E-state index in [0.29, 0.717) is 17.9 Å². The van der Waals surface area contributed by atoms with Crippen molar-refractivity contribution >= 4 is 17.6 Å². The van der Waals surface area contributed by atoms with Gasteiger partial charge in [0.05, 0.1) is 10.9 Å². The SMILES string of the molecule is O=C(O)C1CCc2ncc(Cl)cc2C1. The van der Waals surface area contributed by atoms with Gasteiger partial charge in [0.25, 0.3) is 0 Å². The molecule has 0 bridgehead atoms. The largest absolute Gasteiger partial charge is 0.481 e. The maximum Gasteiger partial charge on any atom is 0.306 e. The van der Waals surface area contributed by atoms with E-state index in [1.165, 1.54) is 0 Å². The first-order valence-electron chi connectivity index (χ1n) is 4.53. The van der Waals surface area contributed by atoms with E-state index < -0.39 is 5.97 Å². The molecule has 0 radical (unpaired) electrons. The second-order valence-electron chi connectivity index (χ2n) is 3.54.